The van der Waals surface area contributed by atoms with Crippen molar-refractivity contribution in [2.45, 2.75) is 31.7 Å². The number of Topliss-reactive ketones (excluding diaryl/α,β-unsaturated/α-hetero) is 1. The topological polar surface area (TPSA) is 74.7 Å². The molecule has 5 nitrogen and oxygen atoms in total. The molecule has 1 aromatic rings. The van der Waals surface area contributed by atoms with Gasteiger partial charge >= 0.3 is 5.97 Å². The Morgan fingerprint density at radius 1 is 1.15 bits per heavy atom. The number of hydrogen-bond acceptors (Lipinski definition) is 3. The number of hydrogen-bond donors (Lipinski definition) is 1. The molecule has 0 aliphatic carbocycles. The zero-order valence-electron chi connectivity index (χ0n) is 11.1. The van der Waals surface area contributed by atoms with Gasteiger partial charge in [0.05, 0.1) is 0 Å². The molecule has 1 aliphatic heterocycles. The average Bonchev–Trinajstić information content (AvgIpc) is 2.95. The standard InChI is InChI=1S/C15H17NO4/c17-13(11-5-2-1-3-6-11)8-9-14(18)16-10-4-7-12(16)15(19)20/h1-3,5-6,12H,4,7-10H2,(H,19,20)/t12-/m0/s1. The van der Waals surface area contributed by atoms with Crippen LogP contribution in [0, 0.1) is 0 Å². The van der Waals surface area contributed by atoms with Crippen LogP contribution in [0.25, 0.3) is 0 Å². The summed E-state index contributed by atoms with van der Waals surface area (Å²) in [7, 11) is 0. The molecule has 0 spiro atoms. The molecule has 0 saturated carbocycles. The minimum atomic E-state index is -0.967. The fourth-order valence-corrected chi connectivity index (χ4v) is 2.45. The summed E-state index contributed by atoms with van der Waals surface area (Å²) in [6.07, 6.45) is 1.38. The minimum absolute atomic E-state index is 0.0670. The quantitative estimate of drug-likeness (QED) is 0.830. The van der Waals surface area contributed by atoms with E-state index in [0.29, 0.717) is 24.9 Å². The maximum absolute atomic E-state index is 12.0. The molecule has 1 fully saturated rings. The largest absolute Gasteiger partial charge is 0.480 e. The Morgan fingerprint density at radius 2 is 1.85 bits per heavy atom. The predicted octanol–water partition coefficient (Wildman–Crippen LogP) is 1.73. The Kier molecular flexibility index (Phi) is 4.50. The maximum Gasteiger partial charge on any atom is 0.326 e. The van der Waals surface area contributed by atoms with E-state index >= 15 is 0 Å². The first kappa shape index (κ1) is 14.2. The summed E-state index contributed by atoms with van der Waals surface area (Å²) in [5, 5.41) is 9.03. The molecule has 0 bridgehead atoms. The highest BCUT2D eigenvalue weighted by Crippen LogP contribution is 2.19. The third-order valence-electron chi connectivity index (χ3n) is 3.52. The van der Waals surface area contributed by atoms with Crippen molar-refractivity contribution in [2.75, 3.05) is 6.54 Å². The van der Waals surface area contributed by atoms with E-state index < -0.39 is 12.0 Å². The van der Waals surface area contributed by atoms with Gasteiger partial charge in [0.1, 0.15) is 6.04 Å². The molecule has 1 heterocycles. The summed E-state index contributed by atoms with van der Waals surface area (Å²) in [4.78, 5) is 36.3. The summed E-state index contributed by atoms with van der Waals surface area (Å²) < 4.78 is 0. The minimum Gasteiger partial charge on any atom is -0.480 e. The van der Waals surface area contributed by atoms with Gasteiger partial charge in [-0.1, -0.05) is 30.3 Å². The van der Waals surface area contributed by atoms with Crippen LogP contribution in [0.15, 0.2) is 30.3 Å². The highest BCUT2D eigenvalue weighted by Gasteiger charge is 2.33. The second-order valence-electron chi connectivity index (χ2n) is 4.87. The first-order chi connectivity index (χ1) is 9.59. The summed E-state index contributed by atoms with van der Waals surface area (Å²) in [6, 6.07) is 8.07. The van der Waals surface area contributed by atoms with Crippen molar-refractivity contribution >= 4 is 17.7 Å². The normalized spacial score (nSPS) is 18.0. The summed E-state index contributed by atoms with van der Waals surface area (Å²) in [5.41, 5.74) is 0.580. The van der Waals surface area contributed by atoms with E-state index in [0.717, 1.165) is 0 Å². The van der Waals surface area contributed by atoms with Crippen molar-refractivity contribution in [1.82, 2.24) is 4.90 Å². The second-order valence-corrected chi connectivity index (χ2v) is 4.87. The van der Waals surface area contributed by atoms with Crippen LogP contribution >= 0.6 is 0 Å². The number of ketones is 1. The Bertz CT molecular complexity index is 512. The zero-order chi connectivity index (χ0) is 14.5. The number of carboxylic acids is 1. The van der Waals surface area contributed by atoms with Gasteiger partial charge < -0.3 is 10.0 Å². The Balaban J connectivity index is 1.89. The van der Waals surface area contributed by atoms with Gasteiger partial charge in [0.25, 0.3) is 0 Å². The number of aliphatic carboxylic acids is 1. The fraction of sp³-hybridized carbons (Fsp3) is 0.400. The van der Waals surface area contributed by atoms with E-state index in [9.17, 15) is 14.4 Å². The van der Waals surface area contributed by atoms with Crippen LogP contribution in [-0.2, 0) is 9.59 Å². The van der Waals surface area contributed by atoms with E-state index in [-0.39, 0.29) is 24.5 Å². The summed E-state index contributed by atoms with van der Waals surface area (Å²) in [5.74, 6) is -1.31. The predicted molar refractivity (Wildman–Crippen MR) is 72.4 cm³/mol. The van der Waals surface area contributed by atoms with Crippen LogP contribution in [-0.4, -0.2) is 40.3 Å². The van der Waals surface area contributed by atoms with Crippen LogP contribution in [0.4, 0.5) is 0 Å². The third-order valence-corrected chi connectivity index (χ3v) is 3.52. The molecule has 1 amide bonds. The lowest BCUT2D eigenvalue weighted by atomic mass is 10.1. The van der Waals surface area contributed by atoms with E-state index in [1.807, 2.05) is 6.07 Å². The highest BCUT2D eigenvalue weighted by atomic mass is 16.4. The van der Waals surface area contributed by atoms with Gasteiger partial charge in [-0.15, -0.1) is 0 Å². The van der Waals surface area contributed by atoms with Crippen molar-refractivity contribution in [2.24, 2.45) is 0 Å². The van der Waals surface area contributed by atoms with E-state index in [1.165, 1.54) is 4.90 Å². The fourth-order valence-electron chi connectivity index (χ4n) is 2.45. The molecule has 0 unspecified atom stereocenters. The molecular weight excluding hydrogens is 258 g/mol. The molecule has 5 heteroatoms. The highest BCUT2D eigenvalue weighted by molar-refractivity contribution is 5.98. The Hall–Kier alpha value is -2.17. The average molecular weight is 275 g/mol. The molecule has 1 N–H and O–H groups in total. The number of carboxylic acid groups (broad SMARTS) is 1. The molecular formula is C15H17NO4. The van der Waals surface area contributed by atoms with Gasteiger partial charge in [0.15, 0.2) is 5.78 Å². The molecule has 1 aromatic carbocycles. The number of benzene rings is 1. The lowest BCUT2D eigenvalue weighted by Gasteiger charge is -2.21. The van der Waals surface area contributed by atoms with Gasteiger partial charge in [-0.05, 0) is 12.8 Å². The Morgan fingerprint density at radius 3 is 2.50 bits per heavy atom. The first-order valence-corrected chi connectivity index (χ1v) is 6.70. The van der Waals surface area contributed by atoms with Crippen LogP contribution < -0.4 is 0 Å². The van der Waals surface area contributed by atoms with Crippen molar-refractivity contribution < 1.29 is 19.5 Å². The number of amides is 1. The SMILES string of the molecule is O=C(CCC(=O)N1CCC[C@H]1C(=O)O)c1ccccc1. The number of carbonyl (C=O) groups excluding carboxylic acids is 2. The molecule has 2 rings (SSSR count). The number of nitrogens with zero attached hydrogens (tertiary/aromatic N) is 1. The van der Waals surface area contributed by atoms with Crippen LogP contribution in [0.5, 0.6) is 0 Å². The molecule has 20 heavy (non-hydrogen) atoms. The van der Waals surface area contributed by atoms with Crippen LogP contribution in [0.1, 0.15) is 36.0 Å². The van der Waals surface area contributed by atoms with E-state index in [2.05, 4.69) is 0 Å². The molecule has 0 aromatic heterocycles. The van der Waals surface area contributed by atoms with E-state index in [4.69, 9.17) is 5.11 Å². The van der Waals surface area contributed by atoms with Gasteiger partial charge in [0, 0.05) is 24.9 Å². The number of carbonyl (C=O) groups is 3. The molecule has 1 aliphatic rings. The van der Waals surface area contributed by atoms with Crippen LogP contribution in [0.3, 0.4) is 0 Å². The molecule has 1 saturated heterocycles. The lowest BCUT2D eigenvalue weighted by Crippen LogP contribution is -2.40. The van der Waals surface area contributed by atoms with Gasteiger partial charge in [0.2, 0.25) is 5.91 Å². The van der Waals surface area contributed by atoms with Gasteiger partial charge in [-0.3, -0.25) is 9.59 Å². The summed E-state index contributed by atoms with van der Waals surface area (Å²) in [6.45, 7) is 0.468. The van der Waals surface area contributed by atoms with Crippen LogP contribution in [0.2, 0.25) is 0 Å². The monoisotopic (exact) mass is 275 g/mol. The molecule has 106 valence electrons. The van der Waals surface area contributed by atoms with Gasteiger partial charge in [-0.2, -0.15) is 0 Å². The molecule has 1 atom stereocenters. The third kappa shape index (κ3) is 3.23. The Labute approximate surface area is 117 Å². The lowest BCUT2D eigenvalue weighted by molar-refractivity contribution is -0.148. The second kappa shape index (κ2) is 6.32. The zero-order valence-corrected chi connectivity index (χ0v) is 11.1. The molecule has 0 radical (unpaired) electrons. The van der Waals surface area contributed by atoms with Crippen molar-refractivity contribution in [1.29, 1.82) is 0 Å². The number of rotatable bonds is 5. The first-order valence-electron chi connectivity index (χ1n) is 6.70. The smallest absolute Gasteiger partial charge is 0.326 e. The van der Waals surface area contributed by atoms with E-state index in [1.54, 1.807) is 24.3 Å². The summed E-state index contributed by atoms with van der Waals surface area (Å²) >= 11 is 0. The maximum atomic E-state index is 12.0. The number of likely N-dealkylation sites (tertiary alicyclic amines) is 1. The van der Waals surface area contributed by atoms with Crippen molar-refractivity contribution in [3.8, 4) is 0 Å². The van der Waals surface area contributed by atoms with Gasteiger partial charge in [-0.25, -0.2) is 4.79 Å². The van der Waals surface area contributed by atoms with Crippen molar-refractivity contribution in [3.63, 3.8) is 0 Å². The van der Waals surface area contributed by atoms with Crippen molar-refractivity contribution in [3.05, 3.63) is 35.9 Å².